The standard InChI is InChI=1S/C22H32N8O5S/c23-14(5-3-7-26-22(24)25)19(32)28-10-18(31)29-17(11-36)20(33)30-16(21(34)35)8-12-9-27-15-6-2-1-4-13(12)15/h1-2,4,6,9,14,16-17,27,36H,3,5,7-8,10-11,23H2,(H,28,32)(H,29,31)(H,30,33)(H,34,35)(H4,24,25,26). The van der Waals surface area contributed by atoms with Crippen molar-refractivity contribution in [1.82, 2.24) is 20.9 Å². The second-order valence-electron chi connectivity index (χ2n) is 8.04. The second kappa shape index (κ2) is 13.9. The van der Waals surface area contributed by atoms with Crippen LogP contribution in [-0.4, -0.2) is 76.7 Å². The van der Waals surface area contributed by atoms with Gasteiger partial charge in [0.1, 0.15) is 12.1 Å². The highest BCUT2D eigenvalue weighted by molar-refractivity contribution is 7.80. The largest absolute Gasteiger partial charge is 0.480 e. The minimum absolute atomic E-state index is 0.0372. The van der Waals surface area contributed by atoms with E-state index in [1.54, 1.807) is 6.20 Å². The molecule has 2 rings (SSSR count). The van der Waals surface area contributed by atoms with Crippen LogP contribution in [0.2, 0.25) is 0 Å². The number of hydrogen-bond donors (Lipinski definition) is 9. The predicted octanol–water partition coefficient (Wildman–Crippen LogP) is -1.81. The Balaban J connectivity index is 1.86. The number of para-hydroxylation sites is 1. The first-order chi connectivity index (χ1) is 17.1. The fraction of sp³-hybridized carbons (Fsp3) is 0.409. The van der Waals surface area contributed by atoms with Crippen LogP contribution < -0.4 is 33.2 Å². The third-order valence-corrected chi connectivity index (χ3v) is 5.64. The number of nitrogens with one attached hydrogen (secondary N) is 4. The number of nitrogens with two attached hydrogens (primary N) is 3. The summed E-state index contributed by atoms with van der Waals surface area (Å²) < 4.78 is 0. The summed E-state index contributed by atoms with van der Waals surface area (Å²) in [6, 6.07) is 4.18. The summed E-state index contributed by atoms with van der Waals surface area (Å²) in [4.78, 5) is 55.6. The smallest absolute Gasteiger partial charge is 0.326 e. The van der Waals surface area contributed by atoms with Gasteiger partial charge in [0.15, 0.2) is 5.96 Å². The highest BCUT2D eigenvalue weighted by Crippen LogP contribution is 2.19. The number of aliphatic imine (C=N–C) groups is 1. The highest BCUT2D eigenvalue weighted by Gasteiger charge is 2.27. The number of hydrogen-bond acceptors (Lipinski definition) is 7. The van der Waals surface area contributed by atoms with Gasteiger partial charge in [-0.25, -0.2) is 4.79 Å². The molecule has 1 heterocycles. The lowest BCUT2D eigenvalue weighted by molar-refractivity contribution is -0.142. The highest BCUT2D eigenvalue weighted by atomic mass is 32.1. The van der Waals surface area contributed by atoms with Crippen LogP contribution in [0, 0.1) is 0 Å². The van der Waals surface area contributed by atoms with Crippen LogP contribution >= 0.6 is 12.6 Å². The van der Waals surface area contributed by atoms with Crippen molar-refractivity contribution in [3.8, 4) is 0 Å². The van der Waals surface area contributed by atoms with Crippen molar-refractivity contribution in [2.24, 2.45) is 22.2 Å². The van der Waals surface area contributed by atoms with Gasteiger partial charge in [0, 0.05) is 35.8 Å². The first-order valence-electron chi connectivity index (χ1n) is 11.2. The van der Waals surface area contributed by atoms with Gasteiger partial charge in [0.2, 0.25) is 17.7 Å². The van der Waals surface area contributed by atoms with Crippen molar-refractivity contribution >= 4 is 53.2 Å². The van der Waals surface area contributed by atoms with E-state index in [1.807, 2.05) is 24.3 Å². The molecule has 3 unspecified atom stereocenters. The number of aromatic amines is 1. The molecule has 0 aliphatic rings. The summed E-state index contributed by atoms with van der Waals surface area (Å²) in [6.07, 6.45) is 2.51. The molecular formula is C22H32N8O5S. The van der Waals surface area contributed by atoms with Gasteiger partial charge in [-0.3, -0.25) is 19.4 Å². The summed E-state index contributed by atoms with van der Waals surface area (Å²) in [5.41, 5.74) is 17.8. The molecule has 13 nitrogen and oxygen atoms in total. The number of carbonyl (C=O) groups is 4. The molecule has 11 N–H and O–H groups in total. The van der Waals surface area contributed by atoms with Gasteiger partial charge in [0.05, 0.1) is 12.6 Å². The maximum atomic E-state index is 12.7. The molecule has 0 aliphatic carbocycles. The minimum atomic E-state index is -1.23. The molecule has 0 fully saturated rings. The topological polar surface area (TPSA) is 231 Å². The fourth-order valence-electron chi connectivity index (χ4n) is 3.38. The summed E-state index contributed by atoms with van der Waals surface area (Å²) in [5.74, 6) is -3.29. The number of carboxylic acid groups (broad SMARTS) is 1. The molecule has 14 heteroatoms. The Morgan fingerprint density at radius 2 is 1.81 bits per heavy atom. The zero-order chi connectivity index (χ0) is 26.7. The molecule has 0 saturated carbocycles. The lowest BCUT2D eigenvalue weighted by Gasteiger charge is -2.20. The number of thiol groups is 1. The monoisotopic (exact) mass is 520 g/mol. The van der Waals surface area contributed by atoms with Crippen LogP contribution in [-0.2, 0) is 25.6 Å². The maximum absolute atomic E-state index is 12.7. The van der Waals surface area contributed by atoms with E-state index in [1.165, 1.54) is 0 Å². The third-order valence-electron chi connectivity index (χ3n) is 5.28. The number of carbonyl (C=O) groups excluding carboxylic acids is 3. The molecular weight excluding hydrogens is 488 g/mol. The molecule has 36 heavy (non-hydrogen) atoms. The first-order valence-corrected chi connectivity index (χ1v) is 11.8. The summed E-state index contributed by atoms with van der Waals surface area (Å²) in [5, 5.41) is 17.7. The lowest BCUT2D eigenvalue weighted by Crippen LogP contribution is -2.54. The number of aliphatic carboxylic acids is 1. The van der Waals surface area contributed by atoms with E-state index in [-0.39, 0.29) is 18.1 Å². The lowest BCUT2D eigenvalue weighted by atomic mass is 10.0. The number of nitrogens with zero attached hydrogens (tertiary/aromatic N) is 1. The van der Waals surface area contributed by atoms with E-state index in [2.05, 4.69) is 38.6 Å². The maximum Gasteiger partial charge on any atom is 0.326 e. The molecule has 1 aromatic heterocycles. The number of benzene rings is 1. The number of H-pyrrole nitrogens is 1. The van der Waals surface area contributed by atoms with E-state index in [9.17, 15) is 24.3 Å². The van der Waals surface area contributed by atoms with Crippen LogP contribution in [0.1, 0.15) is 18.4 Å². The average Bonchev–Trinajstić information content (AvgIpc) is 3.25. The van der Waals surface area contributed by atoms with Gasteiger partial charge in [-0.05, 0) is 24.5 Å². The van der Waals surface area contributed by atoms with Gasteiger partial charge in [-0.2, -0.15) is 12.6 Å². The average molecular weight is 521 g/mol. The molecule has 0 radical (unpaired) electrons. The van der Waals surface area contributed by atoms with Gasteiger partial charge < -0.3 is 43.2 Å². The third kappa shape index (κ3) is 8.78. The normalized spacial score (nSPS) is 13.3. The predicted molar refractivity (Wildman–Crippen MR) is 138 cm³/mol. The number of amides is 3. The van der Waals surface area contributed by atoms with Gasteiger partial charge in [0.25, 0.3) is 0 Å². The number of guanidine groups is 1. The van der Waals surface area contributed by atoms with E-state index < -0.39 is 48.4 Å². The Morgan fingerprint density at radius 1 is 1.08 bits per heavy atom. The van der Waals surface area contributed by atoms with Crippen molar-refractivity contribution < 1.29 is 24.3 Å². The van der Waals surface area contributed by atoms with Crippen LogP contribution in [0.25, 0.3) is 10.9 Å². The van der Waals surface area contributed by atoms with Crippen molar-refractivity contribution in [3.05, 3.63) is 36.0 Å². The Kier molecular flexibility index (Phi) is 11.0. The van der Waals surface area contributed by atoms with E-state index in [0.29, 0.717) is 19.4 Å². The zero-order valence-corrected chi connectivity index (χ0v) is 20.5. The number of aromatic nitrogens is 1. The summed E-state index contributed by atoms with van der Waals surface area (Å²) in [7, 11) is 0. The Labute approximate surface area is 213 Å². The fourth-order valence-corrected chi connectivity index (χ4v) is 3.64. The van der Waals surface area contributed by atoms with E-state index in [0.717, 1.165) is 16.5 Å². The molecule has 3 atom stereocenters. The molecule has 2 aromatic rings. The molecule has 0 saturated heterocycles. The summed E-state index contributed by atoms with van der Waals surface area (Å²) in [6.45, 7) is -0.101. The van der Waals surface area contributed by atoms with Crippen LogP contribution in [0.5, 0.6) is 0 Å². The van der Waals surface area contributed by atoms with Crippen molar-refractivity contribution in [1.29, 1.82) is 0 Å². The number of rotatable bonds is 14. The molecule has 0 bridgehead atoms. The minimum Gasteiger partial charge on any atom is -0.480 e. The van der Waals surface area contributed by atoms with Gasteiger partial charge in [-0.1, -0.05) is 18.2 Å². The SMILES string of the molecule is NC(N)=NCCCC(N)C(=O)NCC(=O)NC(CS)C(=O)NC(Cc1c[nH]c2ccccc12)C(=O)O. The van der Waals surface area contributed by atoms with E-state index in [4.69, 9.17) is 17.2 Å². The molecule has 0 aliphatic heterocycles. The van der Waals surface area contributed by atoms with Crippen LogP contribution in [0.15, 0.2) is 35.5 Å². The Hall–Kier alpha value is -3.78. The molecule has 196 valence electrons. The second-order valence-corrected chi connectivity index (χ2v) is 8.40. The van der Waals surface area contributed by atoms with Gasteiger partial charge >= 0.3 is 5.97 Å². The van der Waals surface area contributed by atoms with Crippen LogP contribution in [0.4, 0.5) is 0 Å². The number of carboxylic acids is 1. The first kappa shape index (κ1) is 28.5. The van der Waals surface area contributed by atoms with Crippen molar-refractivity contribution in [2.75, 3.05) is 18.8 Å². The Bertz CT molecular complexity index is 1100. The van der Waals surface area contributed by atoms with Crippen LogP contribution in [0.3, 0.4) is 0 Å². The molecule has 0 spiro atoms. The van der Waals surface area contributed by atoms with Crippen molar-refractivity contribution in [2.45, 2.75) is 37.4 Å². The number of fused-ring (bicyclic) bond motifs is 1. The Morgan fingerprint density at radius 3 is 2.47 bits per heavy atom. The summed E-state index contributed by atoms with van der Waals surface area (Å²) >= 11 is 4.08. The molecule has 1 aromatic carbocycles. The molecule has 3 amide bonds. The zero-order valence-electron chi connectivity index (χ0n) is 19.6. The quantitative estimate of drug-likeness (QED) is 0.0595. The van der Waals surface area contributed by atoms with E-state index >= 15 is 0 Å². The van der Waals surface area contributed by atoms with Crippen molar-refractivity contribution in [3.63, 3.8) is 0 Å². The van der Waals surface area contributed by atoms with Gasteiger partial charge in [-0.15, -0.1) is 0 Å².